The van der Waals surface area contributed by atoms with Crippen molar-refractivity contribution in [2.24, 2.45) is 0 Å². The Morgan fingerprint density at radius 1 is 0.857 bits per heavy atom. The molecule has 49 heavy (non-hydrogen) atoms. The minimum atomic E-state index is -4.73. The molecule has 0 bridgehead atoms. The zero-order valence-corrected chi connectivity index (χ0v) is 29.2. The van der Waals surface area contributed by atoms with E-state index in [9.17, 15) is 36.0 Å². The fourth-order valence-corrected chi connectivity index (χ4v) is 5.39. The zero-order valence-electron chi connectivity index (χ0n) is 28.4. The lowest BCUT2D eigenvalue weighted by atomic mass is 10.1. The van der Waals surface area contributed by atoms with E-state index >= 15 is 0 Å². The fourth-order valence-electron chi connectivity index (χ4n) is 4.37. The van der Waals surface area contributed by atoms with Crippen molar-refractivity contribution in [3.63, 3.8) is 0 Å². The van der Waals surface area contributed by atoms with Crippen molar-refractivity contribution in [1.82, 2.24) is 25.1 Å². The first-order valence-electron chi connectivity index (χ1n) is 15.4. The van der Waals surface area contributed by atoms with Gasteiger partial charge in [-0.3, -0.25) is 4.79 Å². The van der Waals surface area contributed by atoms with E-state index in [4.69, 9.17) is 9.47 Å². The topological polar surface area (TPSA) is 158 Å². The van der Waals surface area contributed by atoms with Gasteiger partial charge in [0.1, 0.15) is 17.2 Å². The summed E-state index contributed by atoms with van der Waals surface area (Å²) in [5.74, 6) is -1.04. The second-order valence-electron chi connectivity index (χ2n) is 13.3. The monoisotopic (exact) mass is 709 g/mol. The molecule has 268 valence electrons. The van der Waals surface area contributed by atoms with Crippen LogP contribution in [-0.4, -0.2) is 60.1 Å². The van der Waals surface area contributed by atoms with Gasteiger partial charge in [-0.1, -0.05) is 29.8 Å². The van der Waals surface area contributed by atoms with Gasteiger partial charge in [0.2, 0.25) is 0 Å². The number of benzene rings is 2. The predicted molar refractivity (Wildman–Crippen MR) is 175 cm³/mol. The summed E-state index contributed by atoms with van der Waals surface area (Å²) in [5.41, 5.74) is -1.07. The Morgan fingerprint density at radius 2 is 1.43 bits per heavy atom. The summed E-state index contributed by atoms with van der Waals surface area (Å²) < 4.78 is 80.6. The van der Waals surface area contributed by atoms with Crippen molar-refractivity contribution >= 4 is 28.1 Å². The maximum atomic E-state index is 13.6. The molecule has 0 aliphatic carbocycles. The van der Waals surface area contributed by atoms with Gasteiger partial charge in [-0.2, -0.15) is 18.3 Å². The van der Waals surface area contributed by atoms with Crippen molar-refractivity contribution in [3.8, 4) is 16.9 Å². The quantitative estimate of drug-likeness (QED) is 0.197. The van der Waals surface area contributed by atoms with Crippen LogP contribution in [0.15, 0.2) is 59.5 Å². The molecule has 1 atom stereocenters. The second-order valence-corrected chi connectivity index (χ2v) is 15.0. The Hall–Kier alpha value is -4.60. The fraction of sp³-hybridized carbons (Fsp3) is 0.455. The van der Waals surface area contributed by atoms with Crippen LogP contribution in [0.4, 0.5) is 22.8 Å². The molecule has 3 N–H and O–H groups in total. The highest BCUT2D eigenvalue weighted by atomic mass is 32.2. The van der Waals surface area contributed by atoms with Crippen molar-refractivity contribution in [2.45, 2.75) is 96.0 Å². The van der Waals surface area contributed by atoms with Crippen LogP contribution in [0.1, 0.15) is 72.1 Å². The van der Waals surface area contributed by atoms with Crippen LogP contribution < -0.4 is 15.4 Å². The highest BCUT2D eigenvalue weighted by molar-refractivity contribution is 7.90. The van der Waals surface area contributed by atoms with E-state index in [1.54, 1.807) is 65.8 Å². The summed E-state index contributed by atoms with van der Waals surface area (Å²) in [6.07, 6.45) is -5.62. The molecule has 12 nitrogen and oxygen atoms in total. The minimum absolute atomic E-state index is 0.00183. The summed E-state index contributed by atoms with van der Waals surface area (Å²) in [6.45, 7) is 12.1. The molecule has 0 radical (unpaired) electrons. The number of hydrogen-bond acceptors (Lipinski definition) is 8. The molecule has 0 aliphatic rings. The van der Waals surface area contributed by atoms with Crippen LogP contribution in [0, 0.1) is 6.92 Å². The lowest BCUT2D eigenvalue weighted by Gasteiger charge is -2.23. The number of aryl methyl sites for hydroxylation is 1. The largest absolute Gasteiger partial charge is 0.444 e. The highest BCUT2D eigenvalue weighted by Gasteiger charge is 2.35. The van der Waals surface area contributed by atoms with Crippen LogP contribution in [0.5, 0.6) is 0 Å². The molecular weight excluding hydrogens is 667 g/mol. The first-order chi connectivity index (χ1) is 22.5. The van der Waals surface area contributed by atoms with E-state index in [0.717, 1.165) is 28.4 Å². The molecule has 0 fully saturated rings. The maximum absolute atomic E-state index is 13.6. The van der Waals surface area contributed by atoms with Crippen LogP contribution in [0.3, 0.4) is 0 Å². The number of unbranched alkanes of at least 4 members (excludes halogenated alkanes) is 1. The van der Waals surface area contributed by atoms with Crippen LogP contribution in [0.2, 0.25) is 0 Å². The smallest absolute Gasteiger partial charge is 0.435 e. The summed E-state index contributed by atoms with van der Waals surface area (Å²) >= 11 is 0. The molecule has 0 saturated heterocycles. The molecule has 1 aromatic heterocycles. The van der Waals surface area contributed by atoms with Crippen LogP contribution in [-0.2, 0) is 30.5 Å². The molecule has 3 aromatic rings. The number of amides is 3. The average molecular weight is 710 g/mol. The van der Waals surface area contributed by atoms with Crippen LogP contribution in [0.25, 0.3) is 16.9 Å². The zero-order chi connectivity index (χ0) is 36.8. The number of ether oxygens (including phenoxy) is 2. The van der Waals surface area contributed by atoms with E-state index in [2.05, 4.69) is 15.7 Å². The third-order valence-electron chi connectivity index (χ3n) is 6.57. The number of alkyl halides is 3. The number of hydrogen-bond donors (Lipinski definition) is 3. The van der Waals surface area contributed by atoms with Crippen molar-refractivity contribution in [3.05, 3.63) is 65.9 Å². The van der Waals surface area contributed by atoms with Gasteiger partial charge in [0.25, 0.3) is 15.9 Å². The van der Waals surface area contributed by atoms with Crippen molar-refractivity contribution in [2.75, 3.05) is 6.54 Å². The van der Waals surface area contributed by atoms with Gasteiger partial charge in [0.15, 0.2) is 5.69 Å². The first-order valence-corrected chi connectivity index (χ1v) is 16.9. The van der Waals surface area contributed by atoms with Gasteiger partial charge in [0.05, 0.1) is 16.3 Å². The lowest BCUT2D eigenvalue weighted by molar-refractivity contribution is -0.141. The Bertz CT molecular complexity index is 1730. The maximum Gasteiger partial charge on any atom is 0.435 e. The Balaban J connectivity index is 1.77. The SMILES string of the molecule is Cc1ccc(-c2cc(C(F)(F)F)nn2-c2ccc(S(=O)(=O)NC(=O)C(CCCCNC(=O)OC(C)(C)C)NC(=O)OC(C)(C)C)cc2)cc1. The van der Waals surface area contributed by atoms with Gasteiger partial charge >= 0.3 is 18.4 Å². The molecule has 2 aromatic carbocycles. The summed E-state index contributed by atoms with van der Waals surface area (Å²) in [4.78, 5) is 37.2. The molecular formula is C33H42F3N5O7S. The van der Waals surface area contributed by atoms with Gasteiger partial charge in [-0.05, 0) is 98.1 Å². The van der Waals surface area contributed by atoms with Crippen molar-refractivity contribution < 1.29 is 45.4 Å². The Kier molecular flexibility index (Phi) is 12.1. The number of halogens is 3. The molecule has 1 heterocycles. The van der Waals surface area contributed by atoms with E-state index in [1.165, 1.54) is 12.1 Å². The Labute approximate surface area is 283 Å². The summed E-state index contributed by atoms with van der Waals surface area (Å²) in [6, 6.07) is 11.1. The first kappa shape index (κ1) is 38.8. The molecule has 0 saturated carbocycles. The standard InChI is InChI=1S/C33H42F3N5O7S/c1-21-11-13-22(14-12-21)26-20-27(33(34,35)36)39-41(26)23-15-17-24(18-16-23)49(45,46)40-28(42)25(38-30(44)48-32(5,6)7)10-8-9-19-37-29(43)47-31(2,3)4/h11-18,20,25H,8-10,19H2,1-7H3,(H,37,43)(H,38,44)(H,40,42). The number of aromatic nitrogens is 2. The highest BCUT2D eigenvalue weighted by Crippen LogP contribution is 2.33. The number of alkyl carbamates (subject to hydrolysis) is 2. The number of nitrogens with one attached hydrogen (secondary N) is 3. The summed E-state index contributed by atoms with van der Waals surface area (Å²) in [7, 11) is -4.50. The molecule has 0 aliphatic heterocycles. The van der Waals surface area contributed by atoms with E-state index in [1.807, 2.05) is 11.6 Å². The molecule has 16 heteroatoms. The number of nitrogens with zero attached hydrogens (tertiary/aromatic N) is 2. The van der Waals surface area contributed by atoms with Gasteiger partial charge < -0.3 is 20.1 Å². The molecule has 0 spiro atoms. The van der Waals surface area contributed by atoms with E-state index in [0.29, 0.717) is 18.4 Å². The van der Waals surface area contributed by atoms with Crippen molar-refractivity contribution in [1.29, 1.82) is 0 Å². The molecule has 3 rings (SSSR count). The lowest BCUT2D eigenvalue weighted by Crippen LogP contribution is -2.49. The number of carbonyl (C=O) groups is 3. The van der Waals surface area contributed by atoms with Gasteiger partial charge in [-0.15, -0.1) is 0 Å². The minimum Gasteiger partial charge on any atom is -0.444 e. The number of sulfonamides is 1. The number of carbonyl (C=O) groups excluding carboxylic acids is 3. The van der Waals surface area contributed by atoms with E-state index < -0.39 is 57.2 Å². The number of rotatable bonds is 11. The molecule has 1 unspecified atom stereocenters. The summed E-state index contributed by atoms with van der Waals surface area (Å²) in [5, 5.41) is 8.70. The Morgan fingerprint density at radius 3 is 1.98 bits per heavy atom. The van der Waals surface area contributed by atoms with Gasteiger partial charge in [-0.25, -0.2) is 27.4 Å². The van der Waals surface area contributed by atoms with E-state index in [-0.39, 0.29) is 29.2 Å². The second kappa shape index (κ2) is 15.3. The predicted octanol–water partition coefficient (Wildman–Crippen LogP) is 6.26. The normalized spacial score (nSPS) is 12.9. The van der Waals surface area contributed by atoms with Gasteiger partial charge in [0, 0.05) is 12.1 Å². The van der Waals surface area contributed by atoms with Crippen LogP contribution >= 0.6 is 0 Å². The third kappa shape index (κ3) is 12.1. The molecule has 3 amide bonds. The average Bonchev–Trinajstić information content (AvgIpc) is 3.41. The third-order valence-corrected chi connectivity index (χ3v) is 7.93.